The first-order valence-corrected chi connectivity index (χ1v) is 5.83. The molecule has 0 atom stereocenters. The second-order valence-electron chi connectivity index (χ2n) is 3.76. The molecule has 1 aromatic rings. The summed E-state index contributed by atoms with van der Waals surface area (Å²) in [6.45, 7) is 6.82. The normalized spacial score (nSPS) is 10.7. The molecule has 2 nitrogen and oxygen atoms in total. The topological polar surface area (TPSA) is 21.3 Å². The molecule has 0 fully saturated rings. The number of hydrogen-bond acceptors (Lipinski definition) is 2. The van der Waals surface area contributed by atoms with E-state index in [1.807, 2.05) is 13.0 Å². The number of halogens is 1. The fraction of sp³-hybridized carbons (Fsp3) is 0.538. The van der Waals surface area contributed by atoms with Gasteiger partial charge in [0.25, 0.3) is 0 Å². The van der Waals surface area contributed by atoms with Crippen molar-refractivity contribution in [2.24, 2.45) is 0 Å². The molecule has 3 heteroatoms. The minimum atomic E-state index is -0.184. The van der Waals surface area contributed by atoms with E-state index < -0.39 is 0 Å². The van der Waals surface area contributed by atoms with Crippen molar-refractivity contribution < 1.29 is 9.13 Å². The van der Waals surface area contributed by atoms with E-state index >= 15 is 0 Å². The molecule has 90 valence electrons. The SMILES string of the molecule is CCCOCc1cc(CNCC)ccc1F. The predicted molar refractivity (Wildman–Crippen MR) is 63.7 cm³/mol. The number of rotatable bonds is 7. The van der Waals surface area contributed by atoms with Crippen LogP contribution in [0, 0.1) is 5.82 Å². The van der Waals surface area contributed by atoms with Crippen molar-refractivity contribution in [2.45, 2.75) is 33.4 Å². The quantitative estimate of drug-likeness (QED) is 0.720. The summed E-state index contributed by atoms with van der Waals surface area (Å²) in [6.07, 6.45) is 0.957. The van der Waals surface area contributed by atoms with Crippen LogP contribution in [-0.2, 0) is 17.9 Å². The van der Waals surface area contributed by atoms with E-state index in [0.717, 1.165) is 25.1 Å². The van der Waals surface area contributed by atoms with Crippen molar-refractivity contribution in [3.63, 3.8) is 0 Å². The summed E-state index contributed by atoms with van der Waals surface area (Å²) in [7, 11) is 0. The molecular formula is C13H20FNO. The summed E-state index contributed by atoms with van der Waals surface area (Å²) >= 11 is 0. The van der Waals surface area contributed by atoms with Gasteiger partial charge in [-0.25, -0.2) is 4.39 Å². The summed E-state index contributed by atoms with van der Waals surface area (Å²) in [4.78, 5) is 0. The Morgan fingerprint density at radius 3 is 2.81 bits per heavy atom. The van der Waals surface area contributed by atoms with Gasteiger partial charge in [0, 0.05) is 18.7 Å². The van der Waals surface area contributed by atoms with Crippen molar-refractivity contribution in [3.05, 3.63) is 35.1 Å². The number of hydrogen-bond donors (Lipinski definition) is 1. The standard InChI is InChI=1S/C13H20FNO/c1-3-7-16-10-12-8-11(9-15-4-2)5-6-13(12)14/h5-6,8,15H,3-4,7,9-10H2,1-2H3. The van der Waals surface area contributed by atoms with Crippen LogP contribution in [0.3, 0.4) is 0 Å². The Kier molecular flexibility index (Phi) is 6.04. The highest BCUT2D eigenvalue weighted by Gasteiger charge is 2.03. The van der Waals surface area contributed by atoms with Crippen molar-refractivity contribution in [1.29, 1.82) is 0 Å². The average molecular weight is 225 g/mol. The molecule has 0 saturated heterocycles. The van der Waals surface area contributed by atoms with E-state index in [1.54, 1.807) is 6.07 Å². The monoisotopic (exact) mass is 225 g/mol. The van der Waals surface area contributed by atoms with Gasteiger partial charge in [0.05, 0.1) is 6.61 Å². The van der Waals surface area contributed by atoms with Gasteiger partial charge >= 0.3 is 0 Å². The third kappa shape index (κ3) is 4.29. The third-order valence-electron chi connectivity index (χ3n) is 2.30. The van der Waals surface area contributed by atoms with Gasteiger partial charge in [0.1, 0.15) is 5.82 Å². The second-order valence-corrected chi connectivity index (χ2v) is 3.76. The molecule has 0 aliphatic heterocycles. The molecule has 1 rings (SSSR count). The van der Waals surface area contributed by atoms with E-state index in [0.29, 0.717) is 18.8 Å². The molecule has 0 aliphatic carbocycles. The zero-order chi connectivity index (χ0) is 11.8. The first-order chi connectivity index (χ1) is 7.77. The van der Waals surface area contributed by atoms with E-state index in [9.17, 15) is 4.39 Å². The fourth-order valence-corrected chi connectivity index (χ4v) is 1.44. The van der Waals surface area contributed by atoms with Crippen molar-refractivity contribution in [3.8, 4) is 0 Å². The van der Waals surface area contributed by atoms with Gasteiger partial charge in [-0.05, 0) is 30.7 Å². The van der Waals surface area contributed by atoms with Gasteiger partial charge in [0.2, 0.25) is 0 Å². The summed E-state index contributed by atoms with van der Waals surface area (Å²) in [6, 6.07) is 5.19. The maximum atomic E-state index is 13.4. The fourth-order valence-electron chi connectivity index (χ4n) is 1.44. The molecule has 0 radical (unpaired) electrons. The van der Waals surface area contributed by atoms with Gasteiger partial charge in [-0.2, -0.15) is 0 Å². The van der Waals surface area contributed by atoms with Crippen molar-refractivity contribution in [1.82, 2.24) is 5.32 Å². The van der Waals surface area contributed by atoms with E-state index in [-0.39, 0.29) is 5.82 Å². The number of nitrogens with one attached hydrogen (secondary N) is 1. The van der Waals surface area contributed by atoms with Crippen LogP contribution in [0.15, 0.2) is 18.2 Å². The van der Waals surface area contributed by atoms with E-state index in [1.165, 1.54) is 6.07 Å². The van der Waals surface area contributed by atoms with Crippen LogP contribution in [0.25, 0.3) is 0 Å². The minimum absolute atomic E-state index is 0.184. The summed E-state index contributed by atoms with van der Waals surface area (Å²) in [5.74, 6) is -0.184. The lowest BCUT2D eigenvalue weighted by Crippen LogP contribution is -2.12. The highest BCUT2D eigenvalue weighted by atomic mass is 19.1. The highest BCUT2D eigenvalue weighted by Crippen LogP contribution is 2.12. The Morgan fingerprint density at radius 1 is 1.31 bits per heavy atom. The summed E-state index contributed by atoms with van der Waals surface area (Å²) < 4.78 is 18.8. The van der Waals surface area contributed by atoms with Crippen molar-refractivity contribution in [2.75, 3.05) is 13.2 Å². The van der Waals surface area contributed by atoms with Crippen molar-refractivity contribution >= 4 is 0 Å². The Morgan fingerprint density at radius 2 is 2.12 bits per heavy atom. The summed E-state index contributed by atoms with van der Waals surface area (Å²) in [5.41, 5.74) is 1.74. The Labute approximate surface area is 96.8 Å². The van der Waals surface area contributed by atoms with Crippen LogP contribution in [0.1, 0.15) is 31.4 Å². The first-order valence-electron chi connectivity index (χ1n) is 5.83. The lowest BCUT2D eigenvalue weighted by Gasteiger charge is -2.07. The lowest BCUT2D eigenvalue weighted by atomic mass is 10.1. The van der Waals surface area contributed by atoms with Crippen LogP contribution in [0.5, 0.6) is 0 Å². The van der Waals surface area contributed by atoms with Gasteiger partial charge in [-0.15, -0.1) is 0 Å². The number of ether oxygens (including phenoxy) is 1. The molecule has 0 heterocycles. The van der Waals surface area contributed by atoms with Crippen LogP contribution in [0.4, 0.5) is 4.39 Å². The zero-order valence-corrected chi connectivity index (χ0v) is 10.1. The molecule has 1 N–H and O–H groups in total. The van der Waals surface area contributed by atoms with Gasteiger partial charge < -0.3 is 10.1 Å². The molecule has 0 amide bonds. The molecule has 0 spiro atoms. The maximum absolute atomic E-state index is 13.4. The largest absolute Gasteiger partial charge is 0.377 e. The smallest absolute Gasteiger partial charge is 0.128 e. The Hall–Kier alpha value is -0.930. The predicted octanol–water partition coefficient (Wildman–Crippen LogP) is 2.86. The molecular weight excluding hydrogens is 205 g/mol. The lowest BCUT2D eigenvalue weighted by molar-refractivity contribution is 0.119. The van der Waals surface area contributed by atoms with Gasteiger partial charge in [0.15, 0.2) is 0 Å². The minimum Gasteiger partial charge on any atom is -0.377 e. The molecule has 1 aromatic carbocycles. The summed E-state index contributed by atoms with van der Waals surface area (Å²) in [5, 5.41) is 3.22. The van der Waals surface area contributed by atoms with Crippen LogP contribution in [0.2, 0.25) is 0 Å². The average Bonchev–Trinajstić information content (AvgIpc) is 2.30. The molecule has 0 aliphatic rings. The van der Waals surface area contributed by atoms with E-state index in [4.69, 9.17) is 4.74 Å². The first kappa shape index (κ1) is 13.1. The highest BCUT2D eigenvalue weighted by molar-refractivity contribution is 5.24. The van der Waals surface area contributed by atoms with Gasteiger partial charge in [-0.1, -0.05) is 19.9 Å². The zero-order valence-electron chi connectivity index (χ0n) is 10.1. The maximum Gasteiger partial charge on any atom is 0.128 e. The third-order valence-corrected chi connectivity index (χ3v) is 2.30. The molecule has 0 aromatic heterocycles. The Bertz CT molecular complexity index is 315. The molecule has 0 unspecified atom stereocenters. The van der Waals surface area contributed by atoms with E-state index in [2.05, 4.69) is 12.2 Å². The number of benzene rings is 1. The van der Waals surface area contributed by atoms with Crippen LogP contribution >= 0.6 is 0 Å². The van der Waals surface area contributed by atoms with Gasteiger partial charge in [-0.3, -0.25) is 0 Å². The Balaban J connectivity index is 2.59. The molecule has 16 heavy (non-hydrogen) atoms. The second kappa shape index (κ2) is 7.36. The van der Waals surface area contributed by atoms with Crippen LogP contribution in [-0.4, -0.2) is 13.2 Å². The van der Waals surface area contributed by atoms with Crippen LogP contribution < -0.4 is 5.32 Å². The molecule has 0 saturated carbocycles. The molecule has 0 bridgehead atoms.